The van der Waals surface area contributed by atoms with Crippen molar-refractivity contribution in [3.05, 3.63) is 0 Å². The van der Waals surface area contributed by atoms with E-state index in [9.17, 15) is 0 Å². The standard InChI is InChI=1S/4CH2O3.4FH.3Na.3Y/c4*2-1(3)4;;;;;;;;;;/h4*(H2,2,3,4);4*1H;;;;;;/q;;;;;;;;3*+1;3*+3/p-12. The van der Waals surface area contributed by atoms with E-state index < -0.39 is 24.6 Å². The largest absolute Gasteiger partial charge is 3.00 e. The van der Waals surface area contributed by atoms with Gasteiger partial charge < -0.3 is 78.8 Å². The van der Waals surface area contributed by atoms with Gasteiger partial charge in [0, 0.05) is 0 Å². The summed E-state index contributed by atoms with van der Waals surface area (Å²) in [5.74, 6) is 0. The van der Waals surface area contributed by atoms with Crippen molar-refractivity contribution in [3.63, 3.8) is 0 Å². The molecule has 0 saturated heterocycles. The van der Waals surface area contributed by atoms with Crippen LogP contribution in [0.4, 0.5) is 19.2 Å². The molecule has 0 rings (SSSR count). The van der Waals surface area contributed by atoms with Gasteiger partial charge in [-0.25, -0.2) is 0 Å². The number of carboxylic acid groups (broad SMARTS) is 8. The predicted molar refractivity (Wildman–Crippen MR) is 21.6 cm³/mol. The number of rotatable bonds is 0. The van der Waals surface area contributed by atoms with Gasteiger partial charge in [0.2, 0.25) is 0 Å². The summed E-state index contributed by atoms with van der Waals surface area (Å²) in [6, 6.07) is 0. The maximum Gasteiger partial charge on any atom is 3.00 e. The zero-order chi connectivity index (χ0) is 14.3. The van der Waals surface area contributed by atoms with Crippen molar-refractivity contribution in [1.29, 1.82) is 0 Å². The van der Waals surface area contributed by atoms with Gasteiger partial charge in [-0.1, -0.05) is 0 Å². The van der Waals surface area contributed by atoms with Gasteiger partial charge in [-0.05, 0) is 24.6 Å². The predicted octanol–water partition coefficient (Wildman–Crippen LogP) is -30.8. The van der Waals surface area contributed by atoms with Crippen LogP contribution in [0, 0.1) is 0 Å². The molecular formula is C4F4Na3O12Y3. The molecule has 0 atom stereocenters. The Morgan fingerprint density at radius 1 is 0.346 bits per heavy atom. The average Bonchev–Trinajstić information content (AvgIpc) is 1.76. The second-order valence-corrected chi connectivity index (χ2v) is 1.00. The molecule has 0 unspecified atom stereocenters. The third kappa shape index (κ3) is 1910. The van der Waals surface area contributed by atoms with Gasteiger partial charge in [-0.15, -0.1) is 0 Å². The van der Waals surface area contributed by atoms with Crippen LogP contribution in [0.5, 0.6) is 0 Å². The zero-order valence-electron chi connectivity index (χ0n) is 13.1. The number of hydrogen-bond donors (Lipinski definition) is 0. The Kier molecular flexibility index (Phi) is 351. The molecule has 0 aromatic heterocycles. The molecule has 0 N–H and O–H groups in total. The summed E-state index contributed by atoms with van der Waals surface area (Å²) in [5.41, 5.74) is 0. The topological polar surface area (TPSA) is 253 Å². The van der Waals surface area contributed by atoms with Crippen LogP contribution >= 0.6 is 0 Å². The SMILES string of the molecule is O=C([O-])[O-].O=C([O-])[O-].O=C([O-])[O-].O=C([O-])[O-].[F-].[F-].[F-].[F-].[Na+].[Na+].[Na+].[Y+3].[Y+3].[Y+3]. The Balaban J connectivity index is -0.00000000545. The van der Waals surface area contributed by atoms with Crippen LogP contribution in [0.1, 0.15) is 0 Å². The van der Waals surface area contributed by atoms with Crippen molar-refractivity contribution in [3.8, 4) is 0 Å². The molecule has 0 radical (unpaired) electrons. The molecule has 0 saturated carbocycles. The molecule has 0 aromatic rings. The summed E-state index contributed by atoms with van der Waals surface area (Å²) in [4.78, 5) is 33.3. The summed E-state index contributed by atoms with van der Waals surface area (Å²) in [7, 11) is 0. The molecule has 0 fully saturated rings. The maximum atomic E-state index is 8.33. The minimum Gasteiger partial charge on any atom is -1.00 e. The van der Waals surface area contributed by atoms with Crippen LogP contribution in [0.25, 0.3) is 0 Å². The van der Waals surface area contributed by atoms with Gasteiger partial charge in [0.25, 0.3) is 0 Å². The first kappa shape index (κ1) is 101. The van der Waals surface area contributed by atoms with Crippen LogP contribution in [0.3, 0.4) is 0 Å². The maximum absolute atomic E-state index is 8.33. The van der Waals surface area contributed by atoms with E-state index >= 15 is 0 Å². The first-order valence-corrected chi connectivity index (χ1v) is 2.45. The Hall–Kier alpha value is 3.11. The number of halogens is 4. The Labute approximate surface area is 284 Å². The summed E-state index contributed by atoms with van der Waals surface area (Å²) in [6.07, 6.45) is -9.33. The van der Waals surface area contributed by atoms with E-state index in [4.69, 9.17) is 60.0 Å². The molecule has 0 bridgehead atoms. The van der Waals surface area contributed by atoms with Crippen molar-refractivity contribution in [2.75, 3.05) is 0 Å². The molecule has 0 aromatic carbocycles. The van der Waals surface area contributed by atoms with E-state index in [1.165, 1.54) is 0 Å². The van der Waals surface area contributed by atoms with Gasteiger partial charge in [0.15, 0.2) is 0 Å². The van der Waals surface area contributed by atoms with Crippen LogP contribution in [0.2, 0.25) is 0 Å². The summed E-state index contributed by atoms with van der Waals surface area (Å²) in [5, 5.41) is 66.7. The Morgan fingerprint density at radius 3 is 0.346 bits per heavy atom. The van der Waals surface area contributed by atoms with Crippen molar-refractivity contribution >= 4 is 24.6 Å². The van der Waals surface area contributed by atoms with Crippen LogP contribution in [-0.4, -0.2) is 24.6 Å². The van der Waals surface area contributed by atoms with Crippen LogP contribution in [-0.2, 0) is 98.1 Å². The minimum absolute atomic E-state index is 0. The van der Waals surface area contributed by atoms with E-state index in [-0.39, 0.29) is 206 Å². The van der Waals surface area contributed by atoms with Gasteiger partial charge in [0.05, 0.1) is 0 Å². The second kappa shape index (κ2) is 90.5. The van der Waals surface area contributed by atoms with Crippen molar-refractivity contribution in [1.82, 2.24) is 0 Å². The minimum atomic E-state index is -2.33. The smallest absolute Gasteiger partial charge is 1.00 e. The van der Waals surface area contributed by atoms with Gasteiger partial charge in [-0.3, -0.25) is 0 Å². The number of carbonyl (C=O) groups is 4. The van der Waals surface area contributed by atoms with E-state index in [0.29, 0.717) is 0 Å². The number of hydrogen-bond acceptors (Lipinski definition) is 12. The van der Waals surface area contributed by atoms with Crippen LogP contribution in [0.15, 0.2) is 0 Å². The van der Waals surface area contributed by atoms with Crippen molar-refractivity contribution in [2.24, 2.45) is 0 Å². The quantitative estimate of drug-likeness (QED) is 0.175. The fourth-order valence-electron chi connectivity index (χ4n) is 0. The summed E-state index contributed by atoms with van der Waals surface area (Å²) in [6.45, 7) is 0. The molecule has 22 heteroatoms. The van der Waals surface area contributed by atoms with E-state index in [1.807, 2.05) is 0 Å². The third-order valence-corrected chi connectivity index (χ3v) is 0. The first-order valence-electron chi connectivity index (χ1n) is 2.45. The molecule has 0 aliphatic carbocycles. The van der Waals surface area contributed by atoms with Crippen molar-refractivity contribution in [2.45, 2.75) is 0 Å². The monoisotopic (exact) mass is 652 g/mol. The zero-order valence-corrected chi connectivity index (χ0v) is 27.7. The van der Waals surface area contributed by atoms with Crippen LogP contribution < -0.4 is 148 Å². The normalized spacial score (nSPS) is 3.69. The van der Waals surface area contributed by atoms with E-state index in [2.05, 4.69) is 0 Å². The van der Waals surface area contributed by atoms with Gasteiger partial charge in [-0.2, -0.15) is 0 Å². The number of carbonyl (C=O) groups excluding carboxylic acids is 4. The van der Waals surface area contributed by atoms with E-state index in [0.717, 1.165) is 0 Å². The first-order chi connectivity index (χ1) is 6.93. The molecular weight excluding hydrogens is 652 g/mol. The molecule has 12 nitrogen and oxygen atoms in total. The Bertz CT molecular complexity index is 194. The fraction of sp³-hybridized carbons (Fsp3) is 0. The molecule has 0 spiro atoms. The molecule has 0 aliphatic rings. The molecule has 0 aliphatic heterocycles. The molecule has 0 heterocycles. The molecule has 26 heavy (non-hydrogen) atoms. The molecule has 0 amide bonds. The third-order valence-electron chi connectivity index (χ3n) is 0. The summed E-state index contributed by atoms with van der Waals surface area (Å²) >= 11 is 0. The van der Waals surface area contributed by atoms with Gasteiger partial charge in [0.1, 0.15) is 0 Å². The second-order valence-electron chi connectivity index (χ2n) is 1.00. The Morgan fingerprint density at radius 2 is 0.346 bits per heavy atom. The molecule has 128 valence electrons. The summed E-state index contributed by atoms with van der Waals surface area (Å²) < 4.78 is 0. The van der Waals surface area contributed by atoms with Gasteiger partial charge >= 0.3 is 187 Å². The average molecular weight is 652 g/mol. The fourth-order valence-corrected chi connectivity index (χ4v) is 0. The van der Waals surface area contributed by atoms with Crippen molar-refractivity contribution < 1.29 is 266 Å². The van der Waals surface area contributed by atoms with E-state index in [1.54, 1.807) is 0 Å².